The largest absolute Gasteiger partial charge is 0.304 e. The minimum Gasteiger partial charge on any atom is -0.304 e. The van der Waals surface area contributed by atoms with Gasteiger partial charge >= 0.3 is 0 Å². The molecule has 27 heavy (non-hydrogen) atoms. The van der Waals surface area contributed by atoms with E-state index in [2.05, 4.69) is 88.6 Å². The van der Waals surface area contributed by atoms with Crippen LogP contribution in [0, 0.1) is 18.3 Å². The Hall–Kier alpha value is -1.37. The van der Waals surface area contributed by atoms with Crippen molar-refractivity contribution in [2.24, 2.45) is 0 Å². The molecule has 0 fully saturated rings. The molecule has 0 aliphatic heterocycles. The van der Waals surface area contributed by atoms with E-state index in [4.69, 9.17) is 0 Å². The molecular formula is C24H41N3. The summed E-state index contributed by atoms with van der Waals surface area (Å²) in [6.07, 6.45) is 2.88. The van der Waals surface area contributed by atoms with Gasteiger partial charge in [-0.15, -0.1) is 0 Å². The van der Waals surface area contributed by atoms with E-state index in [0.29, 0.717) is 12.1 Å². The van der Waals surface area contributed by atoms with Crippen LogP contribution in [-0.4, -0.2) is 48.1 Å². The molecule has 0 aromatic heterocycles. The van der Waals surface area contributed by atoms with Crippen molar-refractivity contribution in [2.45, 2.75) is 85.2 Å². The molecule has 0 spiro atoms. The molecule has 3 heteroatoms. The number of aryl methyl sites for hydroxylation is 1. The van der Waals surface area contributed by atoms with Crippen LogP contribution in [0.2, 0.25) is 0 Å². The Kier molecular flexibility index (Phi) is 10.1. The third kappa shape index (κ3) is 6.63. The summed E-state index contributed by atoms with van der Waals surface area (Å²) in [5.74, 6) is 0. The monoisotopic (exact) mass is 371 g/mol. The third-order valence-corrected chi connectivity index (χ3v) is 5.97. The number of benzene rings is 1. The van der Waals surface area contributed by atoms with Gasteiger partial charge in [0.25, 0.3) is 0 Å². The first kappa shape index (κ1) is 23.7. The van der Waals surface area contributed by atoms with Crippen LogP contribution in [0.15, 0.2) is 24.3 Å². The number of hydrogen-bond acceptors (Lipinski definition) is 3. The van der Waals surface area contributed by atoms with E-state index >= 15 is 0 Å². The fraction of sp³-hybridized carbons (Fsp3) is 0.708. The van der Waals surface area contributed by atoms with Gasteiger partial charge in [0.1, 0.15) is 0 Å². The molecule has 0 amide bonds. The Morgan fingerprint density at radius 1 is 0.963 bits per heavy atom. The van der Waals surface area contributed by atoms with Gasteiger partial charge < -0.3 is 4.90 Å². The van der Waals surface area contributed by atoms with Crippen molar-refractivity contribution < 1.29 is 0 Å². The molecule has 1 aromatic rings. The quantitative estimate of drug-likeness (QED) is 0.493. The summed E-state index contributed by atoms with van der Waals surface area (Å²) >= 11 is 0. The molecule has 1 atom stereocenters. The van der Waals surface area contributed by atoms with Crippen molar-refractivity contribution in [3.8, 4) is 6.07 Å². The van der Waals surface area contributed by atoms with Crippen LogP contribution in [0.1, 0.15) is 71.9 Å². The predicted octanol–water partition coefficient (Wildman–Crippen LogP) is 5.39. The average molecular weight is 372 g/mol. The molecule has 1 unspecified atom stereocenters. The van der Waals surface area contributed by atoms with Crippen molar-refractivity contribution in [1.82, 2.24) is 9.80 Å². The molecule has 1 rings (SSSR count). The lowest BCUT2D eigenvalue weighted by Gasteiger charge is -2.36. The average Bonchev–Trinajstić information content (AvgIpc) is 2.64. The Morgan fingerprint density at radius 2 is 1.56 bits per heavy atom. The van der Waals surface area contributed by atoms with Crippen LogP contribution in [0.5, 0.6) is 0 Å². The van der Waals surface area contributed by atoms with E-state index < -0.39 is 5.41 Å². The first-order valence-corrected chi connectivity index (χ1v) is 10.8. The van der Waals surface area contributed by atoms with Gasteiger partial charge in [0.05, 0.1) is 11.5 Å². The summed E-state index contributed by atoms with van der Waals surface area (Å²) in [4.78, 5) is 4.96. The van der Waals surface area contributed by atoms with Crippen molar-refractivity contribution in [3.05, 3.63) is 35.4 Å². The Labute approximate surface area is 168 Å². The molecule has 0 heterocycles. The molecule has 0 bridgehead atoms. The normalized spacial score (nSPS) is 14.1. The number of hydrogen-bond donors (Lipinski definition) is 0. The summed E-state index contributed by atoms with van der Waals surface area (Å²) in [5, 5.41) is 10.3. The van der Waals surface area contributed by atoms with Crippen LogP contribution in [0.25, 0.3) is 0 Å². The van der Waals surface area contributed by atoms with Crippen LogP contribution >= 0.6 is 0 Å². The van der Waals surface area contributed by atoms with E-state index in [0.717, 1.165) is 45.4 Å². The smallest absolute Gasteiger partial charge is 0.0837 e. The molecule has 3 nitrogen and oxygen atoms in total. The topological polar surface area (TPSA) is 30.3 Å². The van der Waals surface area contributed by atoms with Crippen molar-refractivity contribution >= 4 is 0 Å². The minimum atomic E-state index is -0.402. The standard InChI is InChI=1S/C24H41N3/c1-8-26(9-2)17-12-15-24(19-25,23-14-11-10-13-22(23)7)16-18-27(20(3)4)21(5)6/h10-11,13-14,20-21H,8-9,12,15-18H2,1-7H3. The molecular weight excluding hydrogens is 330 g/mol. The van der Waals surface area contributed by atoms with E-state index in [1.54, 1.807) is 0 Å². The Morgan fingerprint density at radius 3 is 2.04 bits per heavy atom. The van der Waals surface area contributed by atoms with E-state index in [1.807, 2.05) is 0 Å². The highest BCUT2D eigenvalue weighted by Gasteiger charge is 2.34. The van der Waals surface area contributed by atoms with Gasteiger partial charge in [-0.05, 0) is 84.6 Å². The van der Waals surface area contributed by atoms with Gasteiger partial charge in [0.2, 0.25) is 0 Å². The molecule has 0 saturated heterocycles. The van der Waals surface area contributed by atoms with Crippen molar-refractivity contribution in [2.75, 3.05) is 26.2 Å². The van der Waals surface area contributed by atoms with Gasteiger partial charge in [-0.1, -0.05) is 38.1 Å². The maximum atomic E-state index is 10.3. The second-order valence-corrected chi connectivity index (χ2v) is 8.31. The van der Waals surface area contributed by atoms with Crippen molar-refractivity contribution in [1.29, 1.82) is 5.26 Å². The third-order valence-electron chi connectivity index (χ3n) is 5.97. The lowest BCUT2D eigenvalue weighted by atomic mass is 9.73. The zero-order valence-electron chi connectivity index (χ0n) is 18.8. The zero-order chi connectivity index (χ0) is 20.4. The second kappa shape index (κ2) is 11.5. The lowest BCUT2D eigenvalue weighted by molar-refractivity contribution is 0.160. The fourth-order valence-electron chi connectivity index (χ4n) is 4.25. The highest BCUT2D eigenvalue weighted by Crippen LogP contribution is 2.35. The maximum absolute atomic E-state index is 10.3. The second-order valence-electron chi connectivity index (χ2n) is 8.31. The minimum absolute atomic E-state index is 0.402. The first-order chi connectivity index (χ1) is 12.8. The maximum Gasteiger partial charge on any atom is 0.0837 e. The van der Waals surface area contributed by atoms with E-state index in [1.165, 1.54) is 11.1 Å². The fourth-order valence-corrected chi connectivity index (χ4v) is 4.25. The van der Waals surface area contributed by atoms with Crippen LogP contribution < -0.4 is 0 Å². The zero-order valence-corrected chi connectivity index (χ0v) is 18.8. The van der Waals surface area contributed by atoms with Crippen LogP contribution in [0.4, 0.5) is 0 Å². The van der Waals surface area contributed by atoms with Crippen LogP contribution in [-0.2, 0) is 5.41 Å². The highest BCUT2D eigenvalue weighted by molar-refractivity contribution is 5.38. The Bertz CT molecular complexity index is 576. The van der Waals surface area contributed by atoms with E-state index in [9.17, 15) is 5.26 Å². The summed E-state index contributed by atoms with van der Waals surface area (Å²) in [5.41, 5.74) is 2.06. The summed E-state index contributed by atoms with van der Waals surface area (Å²) in [6, 6.07) is 12.2. The number of nitrogens with zero attached hydrogens (tertiary/aromatic N) is 3. The number of rotatable bonds is 12. The molecule has 152 valence electrons. The van der Waals surface area contributed by atoms with Crippen LogP contribution in [0.3, 0.4) is 0 Å². The van der Waals surface area contributed by atoms with E-state index in [-0.39, 0.29) is 0 Å². The van der Waals surface area contributed by atoms with Gasteiger partial charge in [-0.2, -0.15) is 5.26 Å². The number of nitriles is 1. The molecule has 0 aliphatic carbocycles. The summed E-state index contributed by atoms with van der Waals surface area (Å²) in [7, 11) is 0. The summed E-state index contributed by atoms with van der Waals surface area (Å²) in [6.45, 7) is 19.8. The first-order valence-electron chi connectivity index (χ1n) is 10.8. The lowest BCUT2D eigenvalue weighted by Crippen LogP contribution is -2.41. The molecule has 0 N–H and O–H groups in total. The van der Waals surface area contributed by atoms with Gasteiger partial charge in [0, 0.05) is 18.6 Å². The predicted molar refractivity (Wildman–Crippen MR) is 117 cm³/mol. The highest BCUT2D eigenvalue weighted by atomic mass is 15.2. The van der Waals surface area contributed by atoms with Gasteiger partial charge in [0.15, 0.2) is 0 Å². The molecule has 0 radical (unpaired) electrons. The van der Waals surface area contributed by atoms with Gasteiger partial charge in [-0.3, -0.25) is 4.90 Å². The van der Waals surface area contributed by atoms with Crippen molar-refractivity contribution in [3.63, 3.8) is 0 Å². The van der Waals surface area contributed by atoms with Gasteiger partial charge in [-0.25, -0.2) is 0 Å². The molecule has 1 aromatic carbocycles. The molecule has 0 aliphatic rings. The SMILES string of the molecule is CCN(CC)CCCC(C#N)(CCN(C(C)C)C(C)C)c1ccccc1C. The Balaban J connectivity index is 3.07. The molecule has 0 saturated carbocycles. The summed E-state index contributed by atoms with van der Waals surface area (Å²) < 4.78 is 0.